The van der Waals surface area contributed by atoms with E-state index < -0.39 is 0 Å². The van der Waals surface area contributed by atoms with Gasteiger partial charge in [-0.15, -0.1) is 0 Å². The molecule has 1 aliphatic carbocycles. The van der Waals surface area contributed by atoms with Gasteiger partial charge < -0.3 is 8.83 Å². The van der Waals surface area contributed by atoms with E-state index in [1.54, 1.807) is 6.26 Å². The highest BCUT2D eigenvalue weighted by Gasteiger charge is 2.23. The molecule has 3 aromatic rings. The average molecular weight is 264 g/mol. The molecule has 0 atom stereocenters. The van der Waals surface area contributed by atoms with Crippen molar-refractivity contribution in [1.29, 1.82) is 0 Å². The first kappa shape index (κ1) is 11.3. The van der Waals surface area contributed by atoms with Crippen molar-refractivity contribution in [3.8, 4) is 22.5 Å². The van der Waals surface area contributed by atoms with Crippen molar-refractivity contribution < 1.29 is 8.83 Å². The van der Waals surface area contributed by atoms with Crippen LogP contribution in [0.1, 0.15) is 11.3 Å². The zero-order valence-corrected chi connectivity index (χ0v) is 10.8. The van der Waals surface area contributed by atoms with Crippen molar-refractivity contribution in [2.45, 2.75) is 12.8 Å². The molecule has 0 spiro atoms. The molecule has 20 heavy (non-hydrogen) atoms. The first-order valence-corrected chi connectivity index (χ1v) is 6.62. The van der Waals surface area contributed by atoms with E-state index in [1.807, 2.05) is 42.5 Å². The lowest BCUT2D eigenvalue weighted by atomic mass is 9.91. The molecular formula is C17H12O3. The minimum absolute atomic E-state index is 0.242. The quantitative estimate of drug-likeness (QED) is 0.673. The highest BCUT2D eigenvalue weighted by molar-refractivity contribution is 5.74. The molecule has 1 aliphatic rings. The van der Waals surface area contributed by atoms with Crippen LogP contribution in [0.2, 0.25) is 0 Å². The summed E-state index contributed by atoms with van der Waals surface area (Å²) in [5.41, 5.74) is 3.36. The summed E-state index contributed by atoms with van der Waals surface area (Å²) in [5.74, 6) is 1.55. The maximum atomic E-state index is 12.2. The minimum atomic E-state index is -0.242. The van der Waals surface area contributed by atoms with Crippen LogP contribution in [-0.2, 0) is 12.8 Å². The maximum Gasteiger partial charge on any atom is 0.340 e. The highest BCUT2D eigenvalue weighted by atomic mass is 16.4. The van der Waals surface area contributed by atoms with Crippen LogP contribution in [-0.4, -0.2) is 0 Å². The lowest BCUT2D eigenvalue weighted by molar-refractivity contribution is 0.492. The zero-order valence-electron chi connectivity index (χ0n) is 10.8. The Kier molecular flexibility index (Phi) is 2.39. The van der Waals surface area contributed by atoms with Crippen molar-refractivity contribution in [2.24, 2.45) is 0 Å². The Morgan fingerprint density at radius 3 is 2.65 bits per heavy atom. The van der Waals surface area contributed by atoms with Gasteiger partial charge in [-0.3, -0.25) is 0 Å². The summed E-state index contributed by atoms with van der Waals surface area (Å²) >= 11 is 0. The van der Waals surface area contributed by atoms with E-state index in [2.05, 4.69) is 0 Å². The smallest absolute Gasteiger partial charge is 0.340 e. The van der Waals surface area contributed by atoms with Gasteiger partial charge in [0.25, 0.3) is 0 Å². The first-order chi connectivity index (χ1) is 9.83. The summed E-state index contributed by atoms with van der Waals surface area (Å²) in [6.07, 6.45) is 3.11. The van der Waals surface area contributed by atoms with Gasteiger partial charge in [-0.1, -0.05) is 30.3 Å². The molecule has 4 rings (SSSR count). The van der Waals surface area contributed by atoms with E-state index in [4.69, 9.17) is 8.83 Å². The monoisotopic (exact) mass is 264 g/mol. The van der Waals surface area contributed by atoms with Crippen LogP contribution in [0.25, 0.3) is 22.5 Å². The number of rotatable bonds is 1. The van der Waals surface area contributed by atoms with E-state index in [-0.39, 0.29) is 5.63 Å². The Morgan fingerprint density at radius 2 is 1.80 bits per heavy atom. The van der Waals surface area contributed by atoms with Gasteiger partial charge in [0.05, 0.1) is 6.26 Å². The molecule has 3 heteroatoms. The fraction of sp³-hybridized carbons (Fsp3) is 0.118. The lowest BCUT2D eigenvalue weighted by Crippen LogP contribution is -2.14. The molecule has 0 fully saturated rings. The molecule has 0 aliphatic heterocycles. The normalized spacial score (nSPS) is 12.8. The van der Waals surface area contributed by atoms with Crippen LogP contribution in [0.5, 0.6) is 0 Å². The summed E-state index contributed by atoms with van der Waals surface area (Å²) in [7, 11) is 0. The molecule has 3 nitrogen and oxygen atoms in total. The van der Waals surface area contributed by atoms with E-state index in [0.717, 1.165) is 34.4 Å². The van der Waals surface area contributed by atoms with Gasteiger partial charge >= 0.3 is 5.63 Å². The molecule has 1 aromatic carbocycles. The van der Waals surface area contributed by atoms with Crippen LogP contribution in [0.3, 0.4) is 0 Å². The van der Waals surface area contributed by atoms with Gasteiger partial charge in [0.2, 0.25) is 0 Å². The van der Waals surface area contributed by atoms with Gasteiger partial charge in [-0.2, -0.15) is 0 Å². The Balaban J connectivity index is 1.97. The second kappa shape index (κ2) is 4.23. The summed E-state index contributed by atoms with van der Waals surface area (Å²) in [4.78, 5) is 12.2. The van der Waals surface area contributed by atoms with Crippen molar-refractivity contribution in [1.82, 2.24) is 0 Å². The second-order valence-corrected chi connectivity index (χ2v) is 4.91. The fourth-order valence-electron chi connectivity index (χ4n) is 2.75. The van der Waals surface area contributed by atoms with E-state index in [1.165, 1.54) is 0 Å². The third kappa shape index (κ3) is 1.63. The lowest BCUT2D eigenvalue weighted by Gasteiger charge is -2.14. The average Bonchev–Trinajstić information content (AvgIpc) is 2.97. The van der Waals surface area contributed by atoms with Gasteiger partial charge in [0, 0.05) is 23.1 Å². The number of benzene rings is 1. The predicted molar refractivity (Wildman–Crippen MR) is 75.5 cm³/mol. The van der Waals surface area contributed by atoms with Crippen molar-refractivity contribution in [3.05, 3.63) is 70.5 Å². The van der Waals surface area contributed by atoms with Crippen molar-refractivity contribution in [2.75, 3.05) is 0 Å². The largest absolute Gasteiger partial charge is 0.469 e. The Hall–Kier alpha value is -2.55. The zero-order chi connectivity index (χ0) is 13.5. The molecule has 0 saturated heterocycles. The van der Waals surface area contributed by atoms with Crippen LogP contribution in [0, 0.1) is 0 Å². The molecule has 0 bridgehead atoms. The molecule has 98 valence electrons. The van der Waals surface area contributed by atoms with Crippen molar-refractivity contribution in [3.63, 3.8) is 0 Å². The van der Waals surface area contributed by atoms with Crippen LogP contribution in [0.4, 0.5) is 0 Å². The van der Waals surface area contributed by atoms with Crippen molar-refractivity contribution >= 4 is 0 Å². The first-order valence-electron chi connectivity index (χ1n) is 6.62. The maximum absolute atomic E-state index is 12.2. The number of fused-ring (bicyclic) bond motifs is 3. The van der Waals surface area contributed by atoms with E-state index >= 15 is 0 Å². The van der Waals surface area contributed by atoms with Crippen LogP contribution < -0.4 is 5.63 Å². The predicted octanol–water partition coefficient (Wildman–Crippen LogP) is 3.67. The Labute approximate surface area is 115 Å². The SMILES string of the molecule is O=c1oc(-c2ccccc2)cc2c1CCc1occc1-2. The number of hydrogen-bond acceptors (Lipinski definition) is 3. The number of aryl methyl sites for hydroxylation is 1. The van der Waals surface area contributed by atoms with Gasteiger partial charge in [-0.05, 0) is 24.1 Å². The summed E-state index contributed by atoms with van der Waals surface area (Å²) in [5, 5.41) is 0. The molecule has 2 aromatic heterocycles. The number of hydrogen-bond donors (Lipinski definition) is 0. The third-order valence-electron chi connectivity index (χ3n) is 3.75. The van der Waals surface area contributed by atoms with E-state index in [9.17, 15) is 4.79 Å². The summed E-state index contributed by atoms with van der Waals surface area (Å²) in [6.45, 7) is 0. The molecule has 2 heterocycles. The molecule has 0 unspecified atom stereocenters. The third-order valence-corrected chi connectivity index (χ3v) is 3.75. The van der Waals surface area contributed by atoms with E-state index in [0.29, 0.717) is 12.2 Å². The number of furan rings is 1. The Bertz CT molecular complexity index is 825. The summed E-state index contributed by atoms with van der Waals surface area (Å²) < 4.78 is 10.9. The second-order valence-electron chi connectivity index (χ2n) is 4.91. The van der Waals surface area contributed by atoms with Gasteiger partial charge in [-0.25, -0.2) is 4.79 Å². The Morgan fingerprint density at radius 1 is 0.950 bits per heavy atom. The molecular weight excluding hydrogens is 252 g/mol. The standard InChI is InChI=1S/C17H12O3/c18-17-13-6-7-15-12(8-9-19-15)14(13)10-16(20-17)11-4-2-1-3-5-11/h1-5,8-10H,6-7H2. The molecule has 0 radical (unpaired) electrons. The molecule has 0 N–H and O–H groups in total. The summed E-state index contributed by atoms with van der Waals surface area (Å²) in [6, 6.07) is 13.5. The minimum Gasteiger partial charge on any atom is -0.469 e. The molecule has 0 saturated carbocycles. The molecule has 0 amide bonds. The topological polar surface area (TPSA) is 43.4 Å². The van der Waals surface area contributed by atoms with Crippen LogP contribution in [0.15, 0.2) is 62.4 Å². The van der Waals surface area contributed by atoms with Gasteiger partial charge in [0.15, 0.2) is 0 Å². The fourth-order valence-corrected chi connectivity index (χ4v) is 2.75. The van der Waals surface area contributed by atoms with Crippen LogP contribution >= 0.6 is 0 Å². The highest BCUT2D eigenvalue weighted by Crippen LogP contribution is 2.35. The van der Waals surface area contributed by atoms with Gasteiger partial charge in [0.1, 0.15) is 11.5 Å².